The summed E-state index contributed by atoms with van der Waals surface area (Å²) in [7, 11) is 0. The number of rotatable bonds is 41. The Morgan fingerprint density at radius 1 is 0.426 bits per heavy atom. The monoisotopic (exact) mass is 667 g/mol. The third kappa shape index (κ3) is 39.7. The van der Waals surface area contributed by atoms with Gasteiger partial charge in [-0.15, -0.1) is 0 Å². The lowest BCUT2D eigenvalue weighted by molar-refractivity contribution is -0.154. The van der Waals surface area contributed by atoms with E-state index in [4.69, 9.17) is 9.47 Å². The minimum absolute atomic E-state index is 0.163. The average Bonchev–Trinajstić information content (AvgIpc) is 3.08. The van der Waals surface area contributed by atoms with Crippen molar-refractivity contribution in [3.8, 4) is 0 Å². The second-order valence-electron chi connectivity index (χ2n) is 14.8. The van der Waals surface area contributed by atoms with Gasteiger partial charge < -0.3 is 14.6 Å². The molecule has 0 saturated carbocycles. The second-order valence-corrected chi connectivity index (χ2v) is 14.8. The van der Waals surface area contributed by atoms with E-state index in [9.17, 15) is 9.90 Å². The van der Waals surface area contributed by atoms with E-state index in [0.29, 0.717) is 19.6 Å². The van der Waals surface area contributed by atoms with Crippen molar-refractivity contribution in [3.63, 3.8) is 0 Å². The molecule has 0 saturated heterocycles. The molecule has 0 aliphatic rings. The molecule has 47 heavy (non-hydrogen) atoms. The Morgan fingerprint density at radius 3 is 1.00 bits per heavy atom. The number of unbranched alkanes of at least 4 members (excludes halogenated alkanes) is 33. The van der Waals surface area contributed by atoms with Gasteiger partial charge in [-0.2, -0.15) is 0 Å². The molecule has 1 unspecified atom stereocenters. The second kappa shape index (κ2) is 41.6. The van der Waals surface area contributed by atoms with Gasteiger partial charge in [0.25, 0.3) is 0 Å². The molecule has 0 aliphatic carbocycles. The first-order valence-corrected chi connectivity index (χ1v) is 21.6. The summed E-state index contributed by atoms with van der Waals surface area (Å²) in [6, 6.07) is 0. The predicted molar refractivity (Wildman–Crippen MR) is 205 cm³/mol. The minimum Gasteiger partial charge on any atom is -0.457 e. The number of hydrogen-bond acceptors (Lipinski definition) is 4. The molecule has 1 N–H and O–H groups in total. The molecular weight excluding hydrogens is 580 g/mol. The summed E-state index contributed by atoms with van der Waals surface area (Å²) in [5.41, 5.74) is 0. The van der Waals surface area contributed by atoms with E-state index < -0.39 is 6.10 Å². The van der Waals surface area contributed by atoms with Crippen LogP contribution in [0.4, 0.5) is 0 Å². The van der Waals surface area contributed by atoms with Crippen LogP contribution >= 0.6 is 0 Å². The molecule has 0 fully saturated rings. The van der Waals surface area contributed by atoms with Crippen LogP contribution in [0, 0.1) is 0 Å². The number of ether oxygens (including phenoxy) is 2. The Balaban J connectivity index is 3.32. The van der Waals surface area contributed by atoms with E-state index in [2.05, 4.69) is 13.8 Å². The van der Waals surface area contributed by atoms with Gasteiger partial charge in [0.15, 0.2) is 0 Å². The number of carbonyl (C=O) groups is 1. The molecule has 4 heteroatoms. The van der Waals surface area contributed by atoms with Crippen LogP contribution in [0.2, 0.25) is 0 Å². The third-order valence-corrected chi connectivity index (χ3v) is 9.93. The van der Waals surface area contributed by atoms with Crippen LogP contribution in [-0.2, 0) is 14.3 Å². The summed E-state index contributed by atoms with van der Waals surface area (Å²) in [4.78, 5) is 12.2. The molecule has 0 radical (unpaired) electrons. The number of hydrogen-bond donors (Lipinski definition) is 1. The third-order valence-electron chi connectivity index (χ3n) is 9.93. The smallest absolute Gasteiger partial charge is 0.306 e. The summed E-state index contributed by atoms with van der Waals surface area (Å²) in [5.74, 6) is -0.194. The average molecular weight is 667 g/mol. The van der Waals surface area contributed by atoms with Crippen molar-refractivity contribution in [1.29, 1.82) is 0 Å². The van der Waals surface area contributed by atoms with E-state index in [1.165, 1.54) is 205 Å². The van der Waals surface area contributed by atoms with Gasteiger partial charge in [-0.3, -0.25) is 4.79 Å². The Labute approximate surface area is 295 Å². The number of carbonyl (C=O) groups excluding carboxylic acids is 1. The zero-order chi connectivity index (χ0) is 34.1. The molecule has 0 amide bonds. The summed E-state index contributed by atoms with van der Waals surface area (Å²) >= 11 is 0. The van der Waals surface area contributed by atoms with Crippen molar-refractivity contribution < 1.29 is 19.4 Å². The fourth-order valence-corrected chi connectivity index (χ4v) is 6.68. The SMILES string of the molecule is CCCCCCCCCCCCCCCCCCCCCCCCOCC(CO)OC(=O)CCCCCCCCCCCCCCC. The molecule has 282 valence electrons. The van der Waals surface area contributed by atoms with E-state index in [-0.39, 0.29) is 12.6 Å². The highest BCUT2D eigenvalue weighted by Crippen LogP contribution is 2.16. The van der Waals surface area contributed by atoms with E-state index in [1.807, 2.05) is 0 Å². The maximum Gasteiger partial charge on any atom is 0.306 e. The van der Waals surface area contributed by atoms with E-state index in [1.54, 1.807) is 0 Å². The Morgan fingerprint density at radius 2 is 0.702 bits per heavy atom. The minimum atomic E-state index is -0.524. The van der Waals surface area contributed by atoms with Gasteiger partial charge in [0.05, 0.1) is 13.2 Å². The zero-order valence-corrected chi connectivity index (χ0v) is 32.3. The maximum absolute atomic E-state index is 12.2. The lowest BCUT2D eigenvalue weighted by atomic mass is 10.0. The van der Waals surface area contributed by atoms with Gasteiger partial charge in [-0.05, 0) is 12.8 Å². The summed E-state index contributed by atoms with van der Waals surface area (Å²) < 4.78 is 11.2. The van der Waals surface area contributed by atoms with Crippen LogP contribution in [-0.4, -0.2) is 37.0 Å². The van der Waals surface area contributed by atoms with Gasteiger partial charge >= 0.3 is 5.97 Å². The van der Waals surface area contributed by atoms with Gasteiger partial charge in [0.2, 0.25) is 0 Å². The molecule has 0 aromatic carbocycles. The van der Waals surface area contributed by atoms with Gasteiger partial charge in [0.1, 0.15) is 6.10 Å². The van der Waals surface area contributed by atoms with Crippen LogP contribution < -0.4 is 0 Å². The van der Waals surface area contributed by atoms with Crippen molar-refractivity contribution in [2.24, 2.45) is 0 Å². The van der Waals surface area contributed by atoms with Crippen molar-refractivity contribution in [3.05, 3.63) is 0 Å². The highest BCUT2D eigenvalue weighted by atomic mass is 16.6. The fraction of sp³-hybridized carbons (Fsp3) is 0.977. The largest absolute Gasteiger partial charge is 0.457 e. The predicted octanol–water partition coefficient (Wildman–Crippen LogP) is 14.0. The van der Waals surface area contributed by atoms with Crippen LogP contribution in [0.25, 0.3) is 0 Å². The molecular formula is C43H86O4. The first kappa shape index (κ1) is 46.4. The molecule has 0 rings (SSSR count). The Kier molecular flexibility index (Phi) is 41.0. The van der Waals surface area contributed by atoms with Crippen molar-refractivity contribution >= 4 is 5.97 Å². The van der Waals surface area contributed by atoms with Crippen molar-refractivity contribution in [1.82, 2.24) is 0 Å². The Bertz CT molecular complexity index is 580. The molecule has 0 aromatic heterocycles. The van der Waals surface area contributed by atoms with Crippen LogP contribution in [0.5, 0.6) is 0 Å². The van der Waals surface area contributed by atoms with Crippen molar-refractivity contribution in [2.45, 2.75) is 251 Å². The van der Waals surface area contributed by atoms with Crippen LogP contribution in [0.1, 0.15) is 245 Å². The van der Waals surface area contributed by atoms with Gasteiger partial charge in [0, 0.05) is 13.0 Å². The number of esters is 1. The molecule has 1 atom stereocenters. The van der Waals surface area contributed by atoms with Gasteiger partial charge in [-0.1, -0.05) is 226 Å². The molecule has 0 bridgehead atoms. The molecule has 0 spiro atoms. The highest BCUT2D eigenvalue weighted by Gasteiger charge is 2.13. The van der Waals surface area contributed by atoms with E-state index in [0.717, 1.165) is 19.3 Å². The zero-order valence-electron chi connectivity index (χ0n) is 32.3. The highest BCUT2D eigenvalue weighted by molar-refractivity contribution is 5.69. The molecule has 0 aliphatic heterocycles. The number of aliphatic hydroxyl groups is 1. The standard InChI is InChI=1S/C43H86O4/c1-3-5-7-9-11-13-15-17-18-19-20-21-22-23-24-25-27-29-31-33-35-37-39-46-41-42(40-44)47-43(45)38-36-34-32-30-28-26-16-14-12-10-8-6-4-2/h42,44H,3-41H2,1-2H3. The van der Waals surface area contributed by atoms with Crippen LogP contribution in [0.3, 0.4) is 0 Å². The maximum atomic E-state index is 12.2. The summed E-state index contributed by atoms with van der Waals surface area (Å²) in [6.07, 6.45) is 47.4. The normalized spacial score (nSPS) is 12.1. The summed E-state index contributed by atoms with van der Waals surface area (Å²) in [6.45, 7) is 5.40. The first-order chi connectivity index (χ1) is 23.2. The first-order valence-electron chi connectivity index (χ1n) is 21.6. The quantitative estimate of drug-likeness (QED) is 0.0521. The Hall–Kier alpha value is -0.610. The van der Waals surface area contributed by atoms with Gasteiger partial charge in [-0.25, -0.2) is 0 Å². The fourth-order valence-electron chi connectivity index (χ4n) is 6.68. The lowest BCUT2D eigenvalue weighted by Crippen LogP contribution is -2.27. The van der Waals surface area contributed by atoms with Crippen molar-refractivity contribution in [2.75, 3.05) is 19.8 Å². The lowest BCUT2D eigenvalue weighted by Gasteiger charge is -2.16. The topological polar surface area (TPSA) is 55.8 Å². The molecule has 0 heterocycles. The van der Waals surface area contributed by atoms with E-state index >= 15 is 0 Å². The van der Waals surface area contributed by atoms with Crippen LogP contribution in [0.15, 0.2) is 0 Å². The number of aliphatic hydroxyl groups excluding tert-OH is 1. The molecule has 0 aromatic rings. The summed E-state index contributed by atoms with van der Waals surface area (Å²) in [5, 5.41) is 9.58. The molecule has 4 nitrogen and oxygen atoms in total.